The third-order valence-electron chi connectivity index (χ3n) is 4.83. The third kappa shape index (κ3) is 4.73. The van der Waals surface area contributed by atoms with Gasteiger partial charge in [0.25, 0.3) is 5.91 Å². The van der Waals surface area contributed by atoms with Crippen molar-refractivity contribution in [1.82, 2.24) is 10.2 Å². The van der Waals surface area contributed by atoms with E-state index < -0.39 is 0 Å². The zero-order valence-electron chi connectivity index (χ0n) is 15.6. The van der Waals surface area contributed by atoms with Gasteiger partial charge in [-0.2, -0.15) is 0 Å². The summed E-state index contributed by atoms with van der Waals surface area (Å²) in [7, 11) is 0. The van der Waals surface area contributed by atoms with E-state index in [1.165, 1.54) is 5.69 Å². The van der Waals surface area contributed by atoms with Crippen molar-refractivity contribution >= 4 is 11.6 Å². The maximum Gasteiger partial charge on any atom is 0.254 e. The van der Waals surface area contributed by atoms with Gasteiger partial charge in [-0.25, -0.2) is 0 Å². The highest BCUT2D eigenvalue weighted by atomic mass is 16.2. The lowest BCUT2D eigenvalue weighted by Gasteiger charge is -2.34. The topological polar surface area (TPSA) is 35.6 Å². The van der Waals surface area contributed by atoms with E-state index in [-0.39, 0.29) is 5.91 Å². The van der Waals surface area contributed by atoms with Crippen molar-refractivity contribution in [2.75, 3.05) is 37.6 Å². The Bertz CT molecular complexity index is 494. The van der Waals surface area contributed by atoms with Crippen LogP contribution in [0.5, 0.6) is 0 Å². The minimum Gasteiger partial charge on any atom is -0.372 e. The highest BCUT2D eigenvalue weighted by molar-refractivity contribution is 5.94. The van der Waals surface area contributed by atoms with Crippen molar-refractivity contribution in [3.63, 3.8) is 0 Å². The van der Waals surface area contributed by atoms with Crippen LogP contribution in [0, 0.1) is 0 Å². The Hall–Kier alpha value is -1.55. The van der Waals surface area contributed by atoms with Gasteiger partial charge in [0.1, 0.15) is 0 Å². The molecule has 1 aromatic carbocycles. The summed E-state index contributed by atoms with van der Waals surface area (Å²) in [5, 5.41) is 3.39. The summed E-state index contributed by atoms with van der Waals surface area (Å²) in [4.78, 5) is 17.5. The molecule has 4 heteroatoms. The molecule has 1 saturated heterocycles. The van der Waals surface area contributed by atoms with Crippen LogP contribution in [0.1, 0.15) is 56.8 Å². The fourth-order valence-electron chi connectivity index (χ4n) is 3.53. The third-order valence-corrected chi connectivity index (χ3v) is 4.83. The van der Waals surface area contributed by atoms with Crippen LogP contribution in [0.25, 0.3) is 0 Å². The molecule has 0 spiro atoms. The lowest BCUT2D eigenvalue weighted by atomic mass is 10.0. The molecule has 0 atom stereocenters. The first-order valence-corrected chi connectivity index (χ1v) is 9.57. The number of carbonyl (C=O) groups is 1. The summed E-state index contributed by atoms with van der Waals surface area (Å²) < 4.78 is 0. The van der Waals surface area contributed by atoms with E-state index in [0.29, 0.717) is 6.04 Å². The lowest BCUT2D eigenvalue weighted by Crippen LogP contribution is -2.46. The number of amides is 1. The van der Waals surface area contributed by atoms with Crippen LogP contribution in [0.2, 0.25) is 0 Å². The van der Waals surface area contributed by atoms with Crippen molar-refractivity contribution in [2.24, 2.45) is 0 Å². The minimum atomic E-state index is 0.189. The Labute approximate surface area is 147 Å². The Morgan fingerprint density at radius 2 is 1.67 bits per heavy atom. The number of anilines is 1. The molecule has 1 aromatic rings. The monoisotopic (exact) mass is 331 g/mol. The average molecular weight is 332 g/mol. The number of nitrogens with zero attached hydrogens (tertiary/aromatic N) is 2. The van der Waals surface area contributed by atoms with E-state index in [2.05, 4.69) is 48.0 Å². The molecule has 4 nitrogen and oxygen atoms in total. The Morgan fingerprint density at radius 1 is 1.04 bits per heavy atom. The maximum atomic E-state index is 13.0. The van der Waals surface area contributed by atoms with Gasteiger partial charge in [-0.1, -0.05) is 13.8 Å². The first kappa shape index (κ1) is 18.8. The average Bonchev–Trinajstić information content (AvgIpc) is 2.64. The van der Waals surface area contributed by atoms with Gasteiger partial charge in [0.05, 0.1) is 0 Å². The van der Waals surface area contributed by atoms with Gasteiger partial charge >= 0.3 is 0 Å². The molecule has 1 aliphatic rings. The molecule has 1 heterocycles. The second-order valence-corrected chi connectivity index (χ2v) is 6.61. The fraction of sp³-hybridized carbons (Fsp3) is 0.650. The molecular weight excluding hydrogens is 298 g/mol. The summed E-state index contributed by atoms with van der Waals surface area (Å²) >= 11 is 0. The second-order valence-electron chi connectivity index (χ2n) is 6.61. The van der Waals surface area contributed by atoms with Crippen LogP contribution >= 0.6 is 0 Å². The van der Waals surface area contributed by atoms with E-state index in [9.17, 15) is 4.79 Å². The summed E-state index contributed by atoms with van der Waals surface area (Å²) in [6.45, 7) is 11.5. The molecule has 24 heavy (non-hydrogen) atoms. The standard InChI is InChI=1S/C20H33N3O/c1-4-15-22(6-3)18-9-7-17(8-10-18)20(24)23(16-5-2)19-11-13-21-14-12-19/h7-10,19,21H,4-6,11-16H2,1-3H3. The molecule has 1 aliphatic heterocycles. The van der Waals surface area contributed by atoms with Gasteiger partial charge in [-0.15, -0.1) is 0 Å². The molecule has 0 unspecified atom stereocenters. The van der Waals surface area contributed by atoms with E-state index >= 15 is 0 Å². The number of hydrogen-bond acceptors (Lipinski definition) is 3. The van der Waals surface area contributed by atoms with Crippen LogP contribution in [0.4, 0.5) is 5.69 Å². The quantitative estimate of drug-likeness (QED) is 0.791. The zero-order valence-corrected chi connectivity index (χ0v) is 15.6. The molecule has 1 amide bonds. The summed E-state index contributed by atoms with van der Waals surface area (Å²) in [6, 6.07) is 8.57. The first-order chi connectivity index (χ1) is 11.7. The Kier molecular flexibility index (Phi) is 7.57. The minimum absolute atomic E-state index is 0.189. The predicted molar refractivity (Wildman–Crippen MR) is 102 cm³/mol. The predicted octanol–water partition coefficient (Wildman–Crippen LogP) is 3.53. The van der Waals surface area contributed by atoms with Crippen molar-refractivity contribution in [2.45, 2.75) is 52.5 Å². The van der Waals surface area contributed by atoms with Crippen molar-refractivity contribution in [3.8, 4) is 0 Å². The van der Waals surface area contributed by atoms with Crippen molar-refractivity contribution in [3.05, 3.63) is 29.8 Å². The number of nitrogens with one attached hydrogen (secondary N) is 1. The van der Waals surface area contributed by atoms with E-state index in [4.69, 9.17) is 0 Å². The second kappa shape index (κ2) is 9.67. The molecule has 0 aliphatic carbocycles. The largest absolute Gasteiger partial charge is 0.372 e. The summed E-state index contributed by atoms with van der Waals surface area (Å²) in [5.41, 5.74) is 2.03. The van der Waals surface area contributed by atoms with E-state index in [1.807, 2.05) is 12.1 Å². The van der Waals surface area contributed by atoms with Gasteiger partial charge in [0.2, 0.25) is 0 Å². The first-order valence-electron chi connectivity index (χ1n) is 9.57. The number of hydrogen-bond donors (Lipinski definition) is 1. The fourth-order valence-corrected chi connectivity index (χ4v) is 3.53. The summed E-state index contributed by atoms with van der Waals surface area (Å²) in [5.74, 6) is 0.189. The maximum absolute atomic E-state index is 13.0. The molecule has 0 bridgehead atoms. The van der Waals surface area contributed by atoms with Gasteiger partial charge in [0, 0.05) is 36.9 Å². The molecule has 0 radical (unpaired) electrons. The highest BCUT2D eigenvalue weighted by Gasteiger charge is 2.25. The summed E-state index contributed by atoms with van der Waals surface area (Å²) in [6.07, 6.45) is 4.26. The van der Waals surface area contributed by atoms with E-state index in [1.54, 1.807) is 0 Å². The molecule has 134 valence electrons. The van der Waals surface area contributed by atoms with Gasteiger partial charge in [-0.05, 0) is 70.0 Å². The van der Waals surface area contributed by atoms with Crippen molar-refractivity contribution < 1.29 is 4.79 Å². The van der Waals surface area contributed by atoms with Crippen LogP contribution < -0.4 is 10.2 Å². The lowest BCUT2D eigenvalue weighted by molar-refractivity contribution is 0.0642. The number of benzene rings is 1. The van der Waals surface area contributed by atoms with Gasteiger partial charge in [-0.3, -0.25) is 4.79 Å². The molecule has 1 N–H and O–H groups in total. The Balaban J connectivity index is 2.11. The van der Waals surface area contributed by atoms with E-state index in [0.717, 1.165) is 64.0 Å². The molecule has 2 rings (SSSR count). The van der Waals surface area contributed by atoms with Crippen LogP contribution in [0.3, 0.4) is 0 Å². The van der Waals surface area contributed by atoms with Crippen molar-refractivity contribution in [1.29, 1.82) is 0 Å². The number of rotatable bonds is 8. The Morgan fingerprint density at radius 3 is 2.21 bits per heavy atom. The molecular formula is C20H33N3O. The SMILES string of the molecule is CCCN(CC)c1ccc(C(=O)N(CCC)C2CCNCC2)cc1. The molecule has 1 fully saturated rings. The molecule has 0 aromatic heterocycles. The van der Waals surface area contributed by atoms with Gasteiger partial charge in [0.15, 0.2) is 0 Å². The van der Waals surface area contributed by atoms with Crippen LogP contribution in [-0.4, -0.2) is 49.6 Å². The normalized spacial score (nSPS) is 15.3. The van der Waals surface area contributed by atoms with Crippen LogP contribution in [0.15, 0.2) is 24.3 Å². The highest BCUT2D eigenvalue weighted by Crippen LogP contribution is 2.20. The molecule has 0 saturated carbocycles. The van der Waals surface area contributed by atoms with Gasteiger partial charge < -0.3 is 15.1 Å². The zero-order chi connectivity index (χ0) is 17.4. The van der Waals surface area contributed by atoms with Crippen LogP contribution in [-0.2, 0) is 0 Å². The number of carbonyl (C=O) groups excluding carboxylic acids is 1. The smallest absolute Gasteiger partial charge is 0.254 e. The number of piperidine rings is 1.